The number of aromatic amines is 1. The number of benzene rings is 2. The van der Waals surface area contributed by atoms with E-state index >= 15 is 0 Å². The molecule has 1 unspecified atom stereocenters. The molecular weight excluding hydrogens is 402 g/mol. The van der Waals surface area contributed by atoms with Gasteiger partial charge in [0.15, 0.2) is 0 Å². The lowest BCUT2D eigenvalue weighted by atomic mass is 10.1. The van der Waals surface area contributed by atoms with E-state index < -0.39 is 0 Å². The third-order valence-corrected chi connectivity index (χ3v) is 4.72. The van der Waals surface area contributed by atoms with Crippen LogP contribution >= 0.6 is 24.8 Å². The van der Waals surface area contributed by atoms with E-state index in [9.17, 15) is 9.18 Å². The average molecular weight is 425 g/mol. The van der Waals surface area contributed by atoms with E-state index in [0.717, 1.165) is 36.1 Å². The number of aromatic nitrogens is 2. The van der Waals surface area contributed by atoms with Crippen molar-refractivity contribution in [1.82, 2.24) is 15.3 Å². The van der Waals surface area contributed by atoms with E-state index in [1.165, 1.54) is 6.07 Å². The second-order valence-electron chi connectivity index (χ2n) is 6.73. The van der Waals surface area contributed by atoms with Crippen molar-refractivity contribution in [2.75, 3.05) is 11.9 Å². The Morgan fingerprint density at radius 3 is 2.79 bits per heavy atom. The largest absolute Gasteiger partial charge is 0.342 e. The summed E-state index contributed by atoms with van der Waals surface area (Å²) in [6, 6.07) is 12.5. The van der Waals surface area contributed by atoms with Crippen LogP contribution in [0.3, 0.4) is 0 Å². The van der Waals surface area contributed by atoms with Crippen LogP contribution in [0.4, 0.5) is 10.1 Å². The summed E-state index contributed by atoms with van der Waals surface area (Å²) in [6.07, 6.45) is 3.06. The molecule has 150 valence electrons. The molecule has 3 aromatic rings. The molecule has 1 fully saturated rings. The fourth-order valence-corrected chi connectivity index (χ4v) is 3.41. The lowest BCUT2D eigenvalue weighted by molar-refractivity contribution is -0.116. The zero-order valence-electron chi connectivity index (χ0n) is 15.2. The van der Waals surface area contributed by atoms with Crippen LogP contribution in [0.2, 0.25) is 0 Å². The number of hydrogen-bond donors (Lipinski definition) is 3. The van der Waals surface area contributed by atoms with Crippen molar-refractivity contribution in [2.45, 2.75) is 31.7 Å². The molecule has 1 aliphatic heterocycles. The fraction of sp³-hybridized carbons (Fsp3) is 0.300. The van der Waals surface area contributed by atoms with Crippen molar-refractivity contribution in [3.05, 3.63) is 59.7 Å². The van der Waals surface area contributed by atoms with Crippen LogP contribution in [-0.4, -0.2) is 28.5 Å². The number of carbonyl (C=O) groups is 1. The van der Waals surface area contributed by atoms with Gasteiger partial charge in [0.05, 0.1) is 11.0 Å². The molecule has 1 atom stereocenters. The molecule has 1 aromatic heterocycles. The monoisotopic (exact) mass is 424 g/mol. The molecule has 0 spiro atoms. The minimum atomic E-state index is -0.235. The van der Waals surface area contributed by atoms with Gasteiger partial charge in [0.25, 0.3) is 0 Å². The number of carbonyl (C=O) groups excluding carboxylic acids is 1. The van der Waals surface area contributed by atoms with E-state index in [1.54, 1.807) is 12.1 Å². The third kappa shape index (κ3) is 5.22. The summed E-state index contributed by atoms with van der Waals surface area (Å²) < 4.78 is 13.8. The smallest absolute Gasteiger partial charge is 0.225 e. The predicted molar refractivity (Wildman–Crippen MR) is 114 cm³/mol. The molecule has 0 bridgehead atoms. The van der Waals surface area contributed by atoms with Gasteiger partial charge in [-0.2, -0.15) is 0 Å². The molecule has 5 nitrogen and oxygen atoms in total. The number of halogens is 3. The molecular formula is C20H23Cl2FN4O. The van der Waals surface area contributed by atoms with E-state index in [1.807, 2.05) is 24.3 Å². The first kappa shape index (κ1) is 22.1. The van der Waals surface area contributed by atoms with Gasteiger partial charge < -0.3 is 15.6 Å². The Hall–Kier alpha value is -2.15. The summed E-state index contributed by atoms with van der Waals surface area (Å²) in [6.45, 7) is 0.989. The maximum Gasteiger partial charge on any atom is 0.225 e. The van der Waals surface area contributed by atoms with Crippen LogP contribution in [0.15, 0.2) is 42.5 Å². The topological polar surface area (TPSA) is 69.8 Å². The van der Waals surface area contributed by atoms with Gasteiger partial charge in [-0.05, 0) is 49.2 Å². The molecule has 28 heavy (non-hydrogen) atoms. The number of anilines is 1. The lowest BCUT2D eigenvalue weighted by Crippen LogP contribution is -2.27. The zero-order valence-corrected chi connectivity index (χ0v) is 16.8. The number of amides is 1. The lowest BCUT2D eigenvalue weighted by Gasteiger charge is -2.10. The second kappa shape index (κ2) is 9.87. The zero-order chi connectivity index (χ0) is 17.9. The quantitative estimate of drug-likeness (QED) is 0.574. The summed E-state index contributed by atoms with van der Waals surface area (Å²) in [7, 11) is 0. The minimum absolute atomic E-state index is 0. The highest BCUT2D eigenvalue weighted by Crippen LogP contribution is 2.20. The van der Waals surface area contributed by atoms with E-state index in [-0.39, 0.29) is 42.6 Å². The normalized spacial score (nSPS) is 15.7. The molecule has 3 N–H and O–H groups in total. The van der Waals surface area contributed by atoms with Gasteiger partial charge in [-0.15, -0.1) is 24.8 Å². The van der Waals surface area contributed by atoms with Crippen LogP contribution in [0.5, 0.6) is 0 Å². The van der Waals surface area contributed by atoms with E-state index in [0.29, 0.717) is 24.2 Å². The number of H-pyrrole nitrogens is 1. The Balaban J connectivity index is 0.00000140. The number of rotatable bonds is 5. The Morgan fingerprint density at radius 1 is 1.21 bits per heavy atom. The van der Waals surface area contributed by atoms with Gasteiger partial charge in [0.1, 0.15) is 11.6 Å². The second-order valence-corrected chi connectivity index (χ2v) is 6.73. The molecule has 1 saturated heterocycles. The average Bonchev–Trinajstić information content (AvgIpc) is 3.25. The molecule has 1 aliphatic rings. The highest BCUT2D eigenvalue weighted by Gasteiger charge is 2.17. The number of fused-ring (bicyclic) bond motifs is 1. The van der Waals surface area contributed by atoms with Crippen LogP contribution in [0.1, 0.15) is 30.7 Å². The molecule has 2 heterocycles. The number of imidazole rings is 1. The van der Waals surface area contributed by atoms with Crippen LogP contribution < -0.4 is 10.6 Å². The van der Waals surface area contributed by atoms with E-state index in [4.69, 9.17) is 0 Å². The molecule has 0 saturated carbocycles. The Morgan fingerprint density at radius 2 is 2.04 bits per heavy atom. The highest BCUT2D eigenvalue weighted by atomic mass is 35.5. The Labute approximate surface area is 175 Å². The Bertz CT molecular complexity index is 941. The summed E-state index contributed by atoms with van der Waals surface area (Å²) in [5.74, 6) is 0.472. The number of nitrogens with zero attached hydrogens (tertiary/aromatic N) is 1. The minimum Gasteiger partial charge on any atom is -0.342 e. The fourth-order valence-electron chi connectivity index (χ4n) is 3.41. The van der Waals surface area contributed by atoms with E-state index in [2.05, 4.69) is 20.6 Å². The van der Waals surface area contributed by atoms with Crippen LogP contribution in [-0.2, 0) is 11.2 Å². The van der Waals surface area contributed by atoms with Gasteiger partial charge in [0, 0.05) is 24.6 Å². The van der Waals surface area contributed by atoms with Gasteiger partial charge >= 0.3 is 0 Å². The maximum atomic E-state index is 13.8. The van der Waals surface area contributed by atoms with Crippen molar-refractivity contribution in [1.29, 1.82) is 0 Å². The number of hydrogen-bond acceptors (Lipinski definition) is 3. The van der Waals surface area contributed by atoms with Crippen LogP contribution in [0.25, 0.3) is 11.0 Å². The van der Waals surface area contributed by atoms with Crippen LogP contribution in [0, 0.1) is 5.82 Å². The third-order valence-electron chi connectivity index (χ3n) is 4.72. The van der Waals surface area contributed by atoms with Crippen molar-refractivity contribution in [2.24, 2.45) is 0 Å². The van der Waals surface area contributed by atoms with Crippen molar-refractivity contribution in [3.63, 3.8) is 0 Å². The van der Waals surface area contributed by atoms with Gasteiger partial charge in [-0.3, -0.25) is 4.79 Å². The molecule has 0 radical (unpaired) electrons. The van der Waals surface area contributed by atoms with Crippen molar-refractivity contribution in [3.8, 4) is 0 Å². The van der Waals surface area contributed by atoms with Crippen molar-refractivity contribution >= 4 is 47.4 Å². The van der Waals surface area contributed by atoms with Gasteiger partial charge in [-0.1, -0.05) is 18.2 Å². The summed E-state index contributed by atoms with van der Waals surface area (Å²) in [5.41, 5.74) is 2.96. The molecule has 4 rings (SSSR count). The SMILES string of the molecule is Cl.Cl.O=C(CC1CCCN1)Nc1ccc2nc(Cc3ccccc3F)[nH]c2c1. The number of nitrogens with one attached hydrogen (secondary N) is 3. The molecule has 2 aromatic carbocycles. The first-order valence-corrected chi connectivity index (χ1v) is 8.93. The summed E-state index contributed by atoms with van der Waals surface area (Å²) >= 11 is 0. The van der Waals surface area contributed by atoms with Gasteiger partial charge in [0.2, 0.25) is 5.91 Å². The first-order valence-electron chi connectivity index (χ1n) is 8.93. The Kier molecular flexibility index (Phi) is 7.80. The molecule has 8 heteroatoms. The molecule has 1 amide bonds. The van der Waals surface area contributed by atoms with Crippen molar-refractivity contribution < 1.29 is 9.18 Å². The maximum absolute atomic E-state index is 13.8. The summed E-state index contributed by atoms with van der Waals surface area (Å²) in [4.78, 5) is 19.9. The standard InChI is InChI=1S/C20H21FN4O.2ClH/c21-16-6-2-1-4-13(16)10-19-24-17-8-7-15(11-18(17)25-19)23-20(26)12-14-5-3-9-22-14;;/h1-2,4,6-8,11,14,22H,3,5,9-10,12H2,(H,23,26)(H,24,25);2*1H. The van der Waals surface area contributed by atoms with Gasteiger partial charge in [-0.25, -0.2) is 9.37 Å². The molecule has 0 aliphatic carbocycles. The highest BCUT2D eigenvalue weighted by molar-refractivity contribution is 5.93. The first-order chi connectivity index (χ1) is 12.7. The predicted octanol–water partition coefficient (Wildman–Crippen LogP) is 4.22. The summed E-state index contributed by atoms with van der Waals surface area (Å²) in [5, 5.41) is 6.27.